The summed E-state index contributed by atoms with van der Waals surface area (Å²) in [5, 5.41) is 8.68. The summed E-state index contributed by atoms with van der Waals surface area (Å²) < 4.78 is 4.97. The van der Waals surface area contributed by atoms with Gasteiger partial charge in [-0.25, -0.2) is 4.79 Å². The average Bonchev–Trinajstić information content (AvgIpc) is 2.65. The lowest BCUT2D eigenvalue weighted by molar-refractivity contribution is 0.0525. The lowest BCUT2D eigenvalue weighted by Crippen LogP contribution is -2.08. The fourth-order valence-corrected chi connectivity index (χ4v) is 2.44. The summed E-state index contributed by atoms with van der Waals surface area (Å²) in [7, 11) is 0. The molecule has 0 spiro atoms. The van der Waals surface area contributed by atoms with Gasteiger partial charge in [-0.05, 0) is 26.3 Å². The molecule has 0 aliphatic carbocycles. The number of esters is 1. The van der Waals surface area contributed by atoms with Crippen LogP contribution in [0.1, 0.15) is 39.0 Å². The summed E-state index contributed by atoms with van der Waals surface area (Å²) in [5.74, 6) is 0.323. The van der Waals surface area contributed by atoms with Gasteiger partial charge in [-0.2, -0.15) is 11.8 Å². The van der Waals surface area contributed by atoms with Gasteiger partial charge in [-0.15, -0.1) is 0 Å². The molecule has 0 radical (unpaired) electrons. The van der Waals surface area contributed by atoms with Crippen LogP contribution < -0.4 is 0 Å². The van der Waals surface area contributed by atoms with E-state index in [1.165, 1.54) is 11.8 Å². The Kier molecular flexibility index (Phi) is 6.11. The minimum Gasteiger partial charge on any atom is -0.462 e. The molecule has 0 unspecified atom stereocenters. The van der Waals surface area contributed by atoms with Crippen molar-refractivity contribution in [1.82, 2.24) is 4.98 Å². The maximum atomic E-state index is 12.0. The number of H-pyrrole nitrogens is 1. The van der Waals surface area contributed by atoms with Crippen LogP contribution in [0.5, 0.6) is 0 Å². The number of aliphatic hydroxyl groups is 1. The van der Waals surface area contributed by atoms with E-state index in [9.17, 15) is 9.59 Å². The van der Waals surface area contributed by atoms with E-state index >= 15 is 0 Å². The van der Waals surface area contributed by atoms with Gasteiger partial charge >= 0.3 is 5.97 Å². The quantitative estimate of drug-likeness (QED) is 0.453. The average molecular weight is 285 g/mol. The topological polar surface area (TPSA) is 79.4 Å². The van der Waals surface area contributed by atoms with E-state index in [1.807, 2.05) is 0 Å². The van der Waals surface area contributed by atoms with Gasteiger partial charge in [-0.3, -0.25) is 4.79 Å². The molecule has 0 saturated heterocycles. The zero-order valence-corrected chi connectivity index (χ0v) is 12.2. The molecule has 0 saturated carbocycles. The first kappa shape index (κ1) is 15.8. The fourth-order valence-electron chi connectivity index (χ4n) is 1.84. The van der Waals surface area contributed by atoms with E-state index < -0.39 is 5.97 Å². The number of Topliss-reactive ketones (excluding diaryl/α,β-unsaturated/α-hetero) is 1. The number of aromatic nitrogens is 1. The Balaban J connectivity index is 2.89. The molecular formula is C13H19NO4S. The maximum absolute atomic E-state index is 12.0. The third-order valence-corrected chi connectivity index (χ3v) is 3.60. The second-order valence-electron chi connectivity index (χ2n) is 4.04. The summed E-state index contributed by atoms with van der Waals surface area (Å²) in [4.78, 5) is 26.7. The Morgan fingerprint density at radius 2 is 2.05 bits per heavy atom. The molecule has 19 heavy (non-hydrogen) atoms. The van der Waals surface area contributed by atoms with Gasteiger partial charge in [0.25, 0.3) is 0 Å². The maximum Gasteiger partial charge on any atom is 0.340 e. The van der Waals surface area contributed by atoms with Gasteiger partial charge in [0, 0.05) is 11.4 Å². The van der Waals surface area contributed by atoms with Gasteiger partial charge in [0.15, 0.2) is 5.78 Å². The Bertz CT molecular complexity index is 467. The van der Waals surface area contributed by atoms with Gasteiger partial charge in [-0.1, -0.05) is 0 Å². The molecule has 1 aromatic rings. The van der Waals surface area contributed by atoms with Crippen molar-refractivity contribution < 1.29 is 19.4 Å². The Labute approximate surface area is 116 Å². The second-order valence-corrected chi connectivity index (χ2v) is 5.15. The van der Waals surface area contributed by atoms with Crippen molar-refractivity contribution in [2.24, 2.45) is 0 Å². The SMILES string of the molecule is CCOC(=O)c1c(C)[nH]c(C(=O)CSCCO)c1C. The highest BCUT2D eigenvalue weighted by Crippen LogP contribution is 2.20. The van der Waals surface area contributed by atoms with Gasteiger partial charge in [0.05, 0.1) is 30.2 Å². The van der Waals surface area contributed by atoms with E-state index in [0.29, 0.717) is 34.9 Å². The molecule has 0 aliphatic rings. The lowest BCUT2D eigenvalue weighted by atomic mass is 10.1. The largest absolute Gasteiger partial charge is 0.462 e. The summed E-state index contributed by atoms with van der Waals surface area (Å²) in [6, 6.07) is 0. The molecule has 6 heteroatoms. The van der Waals surface area contributed by atoms with Crippen LogP contribution in [0.2, 0.25) is 0 Å². The highest BCUT2D eigenvalue weighted by Gasteiger charge is 2.22. The summed E-state index contributed by atoms with van der Waals surface area (Å²) in [5.41, 5.74) is 2.17. The summed E-state index contributed by atoms with van der Waals surface area (Å²) in [6.07, 6.45) is 0. The first-order chi connectivity index (χ1) is 9.02. The van der Waals surface area contributed by atoms with Crippen molar-refractivity contribution in [3.05, 3.63) is 22.5 Å². The summed E-state index contributed by atoms with van der Waals surface area (Å²) in [6.45, 7) is 5.58. The molecule has 1 heterocycles. The van der Waals surface area contributed by atoms with E-state index in [4.69, 9.17) is 9.84 Å². The van der Waals surface area contributed by atoms with Gasteiger partial charge < -0.3 is 14.8 Å². The normalized spacial score (nSPS) is 10.5. The van der Waals surface area contributed by atoms with Crippen molar-refractivity contribution in [3.8, 4) is 0 Å². The number of aromatic amines is 1. The number of ether oxygens (including phenoxy) is 1. The molecule has 106 valence electrons. The number of ketones is 1. The fraction of sp³-hybridized carbons (Fsp3) is 0.538. The number of thioether (sulfide) groups is 1. The standard InChI is InChI=1S/C13H19NO4S/c1-4-18-13(17)11-8(2)12(14-9(11)3)10(16)7-19-6-5-15/h14-15H,4-7H2,1-3H3. The predicted molar refractivity (Wildman–Crippen MR) is 75.0 cm³/mol. The molecule has 0 aliphatic heterocycles. The molecule has 0 aromatic carbocycles. The smallest absolute Gasteiger partial charge is 0.340 e. The monoisotopic (exact) mass is 285 g/mol. The number of hydrogen-bond donors (Lipinski definition) is 2. The number of rotatable bonds is 7. The van der Waals surface area contributed by atoms with Crippen LogP contribution in [0, 0.1) is 13.8 Å². The molecule has 1 aromatic heterocycles. The molecule has 1 rings (SSSR count). The number of nitrogens with one attached hydrogen (secondary N) is 1. The molecule has 0 atom stereocenters. The molecular weight excluding hydrogens is 266 g/mol. The number of carbonyl (C=O) groups is 2. The van der Waals surface area contributed by atoms with Crippen LogP contribution in [0.3, 0.4) is 0 Å². The van der Waals surface area contributed by atoms with Gasteiger partial charge in [0.1, 0.15) is 0 Å². The van der Waals surface area contributed by atoms with E-state index in [-0.39, 0.29) is 18.1 Å². The third-order valence-electron chi connectivity index (χ3n) is 2.66. The summed E-state index contributed by atoms with van der Waals surface area (Å²) >= 11 is 1.36. The highest BCUT2D eigenvalue weighted by atomic mass is 32.2. The molecule has 0 bridgehead atoms. The third kappa shape index (κ3) is 3.84. The first-order valence-electron chi connectivity index (χ1n) is 6.11. The Morgan fingerprint density at radius 3 is 2.63 bits per heavy atom. The molecule has 2 N–H and O–H groups in total. The van der Waals surface area contributed by atoms with Gasteiger partial charge in [0.2, 0.25) is 0 Å². The van der Waals surface area contributed by atoms with Crippen molar-refractivity contribution in [1.29, 1.82) is 0 Å². The van der Waals surface area contributed by atoms with Crippen LogP contribution in [-0.2, 0) is 4.74 Å². The van der Waals surface area contributed by atoms with Crippen LogP contribution in [0.15, 0.2) is 0 Å². The zero-order valence-electron chi connectivity index (χ0n) is 11.4. The van der Waals surface area contributed by atoms with Crippen LogP contribution in [-0.4, -0.2) is 46.6 Å². The number of aryl methyl sites for hydroxylation is 1. The lowest BCUT2D eigenvalue weighted by Gasteiger charge is -2.02. The van der Waals surface area contributed by atoms with Crippen molar-refractivity contribution >= 4 is 23.5 Å². The van der Waals surface area contributed by atoms with E-state index in [1.54, 1.807) is 20.8 Å². The van der Waals surface area contributed by atoms with Crippen LogP contribution >= 0.6 is 11.8 Å². The Hall–Kier alpha value is -1.27. The molecule has 5 nitrogen and oxygen atoms in total. The first-order valence-corrected chi connectivity index (χ1v) is 7.26. The number of carbonyl (C=O) groups excluding carboxylic acids is 2. The predicted octanol–water partition coefficient (Wildman–Crippen LogP) is 1.72. The number of hydrogen-bond acceptors (Lipinski definition) is 5. The minimum absolute atomic E-state index is 0.0504. The van der Waals surface area contributed by atoms with Crippen molar-refractivity contribution in [2.75, 3.05) is 24.7 Å². The minimum atomic E-state index is -0.407. The van der Waals surface area contributed by atoms with Crippen LogP contribution in [0.25, 0.3) is 0 Å². The molecule has 0 fully saturated rings. The zero-order chi connectivity index (χ0) is 14.4. The second kappa shape index (κ2) is 7.35. The highest BCUT2D eigenvalue weighted by molar-refractivity contribution is 8.00. The van der Waals surface area contributed by atoms with E-state index in [0.717, 1.165) is 0 Å². The van der Waals surface area contributed by atoms with Crippen molar-refractivity contribution in [2.45, 2.75) is 20.8 Å². The van der Waals surface area contributed by atoms with Crippen LogP contribution in [0.4, 0.5) is 0 Å². The number of aliphatic hydroxyl groups excluding tert-OH is 1. The molecule has 0 amide bonds. The van der Waals surface area contributed by atoms with E-state index in [2.05, 4.69) is 4.98 Å². The Morgan fingerprint density at radius 1 is 1.37 bits per heavy atom. The van der Waals surface area contributed by atoms with Crippen molar-refractivity contribution in [3.63, 3.8) is 0 Å².